The molecule has 26 heavy (non-hydrogen) atoms. The van der Waals surface area contributed by atoms with Gasteiger partial charge in [0.05, 0.1) is 0 Å². The molecule has 0 nitrogen and oxygen atoms in total. The second-order valence-electron chi connectivity index (χ2n) is 7.71. The summed E-state index contributed by atoms with van der Waals surface area (Å²) in [6, 6.07) is 29.1. The molecule has 0 heterocycles. The van der Waals surface area contributed by atoms with Crippen LogP contribution in [0.25, 0.3) is 0 Å². The average molecular weight is 341 g/mol. The molecule has 3 aromatic rings. The highest BCUT2D eigenvalue weighted by molar-refractivity contribution is 5.47. The van der Waals surface area contributed by atoms with Crippen LogP contribution in [-0.4, -0.2) is 0 Å². The molecule has 0 heteroatoms. The van der Waals surface area contributed by atoms with Gasteiger partial charge in [-0.15, -0.1) is 0 Å². The van der Waals surface area contributed by atoms with Crippen LogP contribution in [0.5, 0.6) is 0 Å². The van der Waals surface area contributed by atoms with Gasteiger partial charge < -0.3 is 0 Å². The number of aryl methyl sites for hydroxylation is 1. The third-order valence-electron chi connectivity index (χ3n) is 5.95. The molecule has 0 aliphatic heterocycles. The van der Waals surface area contributed by atoms with E-state index >= 15 is 0 Å². The fourth-order valence-corrected chi connectivity index (χ4v) is 4.56. The van der Waals surface area contributed by atoms with Crippen LogP contribution in [0.4, 0.5) is 0 Å². The standard InChI is InChI=1S/C26H28/c1-20-19-24(21-11-5-2-6-12-21)17-18-25(20)26(22-13-7-3-8-14-22)23-15-9-4-10-16-23/h3-4,7-10,13-19,21,26H,2,5-6,11-12H2,1H3. The molecule has 0 amide bonds. The van der Waals surface area contributed by atoms with Gasteiger partial charge in [-0.2, -0.15) is 0 Å². The molecule has 0 N–H and O–H groups in total. The maximum atomic E-state index is 2.46. The Hall–Kier alpha value is -2.34. The first-order chi connectivity index (χ1) is 12.8. The Morgan fingerprint density at radius 2 is 1.27 bits per heavy atom. The van der Waals surface area contributed by atoms with Gasteiger partial charge in [0, 0.05) is 5.92 Å². The molecule has 3 aromatic carbocycles. The topological polar surface area (TPSA) is 0 Å². The smallest absolute Gasteiger partial charge is 0.0342 e. The van der Waals surface area contributed by atoms with Crippen molar-refractivity contribution in [2.45, 2.75) is 50.9 Å². The summed E-state index contributed by atoms with van der Waals surface area (Å²) in [5, 5.41) is 0. The number of hydrogen-bond acceptors (Lipinski definition) is 0. The SMILES string of the molecule is Cc1cc(C2CCCCC2)ccc1C(c1ccccc1)c1ccccc1. The van der Waals surface area contributed by atoms with Crippen molar-refractivity contribution in [2.24, 2.45) is 0 Å². The van der Waals surface area contributed by atoms with Crippen LogP contribution < -0.4 is 0 Å². The molecule has 1 aliphatic rings. The van der Waals surface area contributed by atoms with E-state index < -0.39 is 0 Å². The first-order valence-electron chi connectivity index (χ1n) is 10.0. The maximum absolute atomic E-state index is 2.46. The zero-order valence-corrected chi connectivity index (χ0v) is 15.7. The molecule has 0 saturated heterocycles. The van der Waals surface area contributed by atoms with E-state index in [0.717, 1.165) is 5.92 Å². The van der Waals surface area contributed by atoms with E-state index in [2.05, 4.69) is 85.8 Å². The normalized spacial score (nSPS) is 15.3. The molecule has 1 saturated carbocycles. The van der Waals surface area contributed by atoms with Gasteiger partial charge in [0.15, 0.2) is 0 Å². The Morgan fingerprint density at radius 3 is 1.81 bits per heavy atom. The summed E-state index contributed by atoms with van der Waals surface area (Å²) in [6.45, 7) is 2.29. The lowest BCUT2D eigenvalue weighted by Gasteiger charge is -2.25. The Labute approximate surface area is 157 Å². The first-order valence-corrected chi connectivity index (χ1v) is 10.0. The van der Waals surface area contributed by atoms with E-state index in [4.69, 9.17) is 0 Å². The van der Waals surface area contributed by atoms with Crippen molar-refractivity contribution in [3.63, 3.8) is 0 Å². The molecule has 0 aromatic heterocycles. The number of benzene rings is 3. The van der Waals surface area contributed by atoms with E-state index in [0.29, 0.717) is 5.92 Å². The summed E-state index contributed by atoms with van der Waals surface area (Å²) in [5.41, 5.74) is 7.14. The van der Waals surface area contributed by atoms with Crippen LogP contribution >= 0.6 is 0 Å². The Bertz CT molecular complexity index is 787. The average Bonchev–Trinajstić information content (AvgIpc) is 2.72. The van der Waals surface area contributed by atoms with Crippen molar-refractivity contribution < 1.29 is 0 Å². The second-order valence-corrected chi connectivity index (χ2v) is 7.71. The Morgan fingerprint density at radius 1 is 0.692 bits per heavy atom. The largest absolute Gasteiger partial charge is 0.0622 e. The molecule has 0 bridgehead atoms. The quantitative estimate of drug-likeness (QED) is 0.440. The fraction of sp³-hybridized carbons (Fsp3) is 0.308. The number of rotatable bonds is 4. The number of hydrogen-bond donors (Lipinski definition) is 0. The highest BCUT2D eigenvalue weighted by Gasteiger charge is 2.21. The van der Waals surface area contributed by atoms with Crippen molar-refractivity contribution >= 4 is 0 Å². The van der Waals surface area contributed by atoms with Crippen LogP contribution in [0.2, 0.25) is 0 Å². The van der Waals surface area contributed by atoms with Crippen molar-refractivity contribution in [1.82, 2.24) is 0 Å². The van der Waals surface area contributed by atoms with Crippen molar-refractivity contribution in [1.29, 1.82) is 0 Å². The van der Waals surface area contributed by atoms with Gasteiger partial charge in [0.25, 0.3) is 0 Å². The molecule has 0 spiro atoms. The summed E-state index contributed by atoms with van der Waals surface area (Å²) < 4.78 is 0. The lowest BCUT2D eigenvalue weighted by atomic mass is 9.79. The van der Waals surface area contributed by atoms with Crippen molar-refractivity contribution in [3.05, 3.63) is 107 Å². The summed E-state index contributed by atoms with van der Waals surface area (Å²) in [5.74, 6) is 1.07. The van der Waals surface area contributed by atoms with Crippen LogP contribution in [0.15, 0.2) is 78.9 Å². The van der Waals surface area contributed by atoms with E-state index in [1.807, 2.05) is 0 Å². The van der Waals surface area contributed by atoms with Gasteiger partial charge in [0.2, 0.25) is 0 Å². The third-order valence-corrected chi connectivity index (χ3v) is 5.95. The summed E-state index contributed by atoms with van der Waals surface area (Å²) >= 11 is 0. The second kappa shape index (κ2) is 7.91. The summed E-state index contributed by atoms with van der Waals surface area (Å²) in [4.78, 5) is 0. The molecular formula is C26H28. The predicted octanol–water partition coefficient (Wildman–Crippen LogP) is 7.22. The Kier molecular flexibility index (Phi) is 5.20. The molecule has 4 rings (SSSR count). The van der Waals surface area contributed by atoms with Gasteiger partial charge in [-0.3, -0.25) is 0 Å². The van der Waals surface area contributed by atoms with E-state index in [-0.39, 0.29) is 0 Å². The minimum atomic E-state index is 0.304. The molecule has 0 unspecified atom stereocenters. The summed E-state index contributed by atoms with van der Waals surface area (Å²) in [7, 11) is 0. The zero-order chi connectivity index (χ0) is 17.8. The molecule has 0 radical (unpaired) electrons. The van der Waals surface area contributed by atoms with Crippen LogP contribution in [-0.2, 0) is 0 Å². The van der Waals surface area contributed by atoms with Crippen molar-refractivity contribution in [3.8, 4) is 0 Å². The lowest BCUT2D eigenvalue weighted by molar-refractivity contribution is 0.443. The molecule has 1 fully saturated rings. The highest BCUT2D eigenvalue weighted by atomic mass is 14.2. The first kappa shape index (κ1) is 17.1. The Balaban J connectivity index is 1.74. The van der Waals surface area contributed by atoms with Gasteiger partial charge in [-0.05, 0) is 53.5 Å². The van der Waals surface area contributed by atoms with Crippen LogP contribution in [0.1, 0.15) is 71.8 Å². The molecule has 132 valence electrons. The third kappa shape index (κ3) is 3.60. The monoisotopic (exact) mass is 340 g/mol. The van der Waals surface area contributed by atoms with Gasteiger partial charge in [0.1, 0.15) is 0 Å². The molecular weight excluding hydrogens is 312 g/mol. The van der Waals surface area contributed by atoms with E-state index in [1.165, 1.54) is 54.4 Å². The zero-order valence-electron chi connectivity index (χ0n) is 15.7. The summed E-state index contributed by atoms with van der Waals surface area (Å²) in [6.07, 6.45) is 6.92. The van der Waals surface area contributed by atoms with Crippen molar-refractivity contribution in [2.75, 3.05) is 0 Å². The van der Waals surface area contributed by atoms with Crippen LogP contribution in [0.3, 0.4) is 0 Å². The lowest BCUT2D eigenvalue weighted by Crippen LogP contribution is -2.08. The highest BCUT2D eigenvalue weighted by Crippen LogP contribution is 2.37. The minimum Gasteiger partial charge on any atom is -0.0622 e. The van der Waals surface area contributed by atoms with E-state index in [9.17, 15) is 0 Å². The van der Waals surface area contributed by atoms with E-state index in [1.54, 1.807) is 5.56 Å². The predicted molar refractivity (Wildman–Crippen MR) is 111 cm³/mol. The van der Waals surface area contributed by atoms with Gasteiger partial charge in [-0.25, -0.2) is 0 Å². The molecule has 0 atom stereocenters. The van der Waals surface area contributed by atoms with Gasteiger partial charge >= 0.3 is 0 Å². The maximum Gasteiger partial charge on any atom is 0.0342 e. The van der Waals surface area contributed by atoms with Gasteiger partial charge in [-0.1, -0.05) is 98.1 Å². The minimum absolute atomic E-state index is 0.304. The fourth-order valence-electron chi connectivity index (χ4n) is 4.56. The molecule has 1 aliphatic carbocycles. The van der Waals surface area contributed by atoms with Crippen LogP contribution in [0, 0.1) is 6.92 Å².